The van der Waals surface area contributed by atoms with E-state index in [4.69, 9.17) is 4.42 Å². The Labute approximate surface area is 125 Å². The number of aromatic nitrogens is 3. The third kappa shape index (κ3) is 3.02. The lowest BCUT2D eigenvalue weighted by molar-refractivity contribution is 0.350. The third-order valence-electron chi connectivity index (χ3n) is 4.10. The maximum atomic E-state index is 5.69. The van der Waals surface area contributed by atoms with E-state index in [1.807, 2.05) is 13.8 Å². The SMILES string of the molecule is Cc1cc(C)n(CC(C)NC2CCCc3oc(C)nc32)n1. The van der Waals surface area contributed by atoms with Crippen molar-refractivity contribution in [3.63, 3.8) is 0 Å². The molecule has 1 aliphatic carbocycles. The molecule has 2 atom stereocenters. The predicted molar refractivity (Wildman–Crippen MR) is 81.2 cm³/mol. The van der Waals surface area contributed by atoms with Crippen LogP contribution in [0.3, 0.4) is 0 Å². The zero-order chi connectivity index (χ0) is 15.0. The molecule has 114 valence electrons. The van der Waals surface area contributed by atoms with Crippen molar-refractivity contribution in [1.29, 1.82) is 0 Å². The summed E-state index contributed by atoms with van der Waals surface area (Å²) in [5.41, 5.74) is 3.40. The second-order valence-corrected chi connectivity index (χ2v) is 6.16. The number of fused-ring (bicyclic) bond motifs is 1. The van der Waals surface area contributed by atoms with Crippen LogP contribution in [-0.2, 0) is 13.0 Å². The van der Waals surface area contributed by atoms with Crippen LogP contribution in [0, 0.1) is 20.8 Å². The van der Waals surface area contributed by atoms with Crippen molar-refractivity contribution in [1.82, 2.24) is 20.1 Å². The highest BCUT2D eigenvalue weighted by atomic mass is 16.4. The first-order chi connectivity index (χ1) is 10.0. The maximum Gasteiger partial charge on any atom is 0.191 e. The highest BCUT2D eigenvalue weighted by molar-refractivity contribution is 5.18. The van der Waals surface area contributed by atoms with Crippen molar-refractivity contribution in [3.05, 3.63) is 34.8 Å². The summed E-state index contributed by atoms with van der Waals surface area (Å²) in [6, 6.07) is 2.76. The lowest BCUT2D eigenvalue weighted by atomic mass is 9.96. The maximum absolute atomic E-state index is 5.69. The molecule has 0 aliphatic heterocycles. The molecule has 5 nitrogen and oxygen atoms in total. The van der Waals surface area contributed by atoms with Gasteiger partial charge in [-0.2, -0.15) is 5.10 Å². The summed E-state index contributed by atoms with van der Waals surface area (Å²) in [4.78, 5) is 4.56. The standard InChI is InChI=1S/C16H24N4O/c1-10-8-12(3)20(19-10)9-11(2)17-14-6-5-7-15-16(14)18-13(4)21-15/h8,11,14,17H,5-7,9H2,1-4H3. The average Bonchev–Trinajstić information content (AvgIpc) is 2.92. The van der Waals surface area contributed by atoms with Gasteiger partial charge in [-0.05, 0) is 39.7 Å². The van der Waals surface area contributed by atoms with Gasteiger partial charge in [0.05, 0.1) is 24.0 Å². The number of nitrogens with one attached hydrogen (secondary N) is 1. The van der Waals surface area contributed by atoms with Gasteiger partial charge >= 0.3 is 0 Å². The Morgan fingerprint density at radius 2 is 2.24 bits per heavy atom. The first-order valence-corrected chi connectivity index (χ1v) is 7.76. The van der Waals surface area contributed by atoms with E-state index < -0.39 is 0 Å². The number of nitrogens with zero attached hydrogens (tertiary/aromatic N) is 3. The van der Waals surface area contributed by atoms with Crippen molar-refractivity contribution < 1.29 is 4.42 Å². The Hall–Kier alpha value is -1.62. The molecule has 0 bridgehead atoms. The molecule has 3 rings (SSSR count). The summed E-state index contributed by atoms with van der Waals surface area (Å²) in [6.45, 7) is 9.15. The number of oxazole rings is 1. The van der Waals surface area contributed by atoms with E-state index in [1.165, 1.54) is 5.69 Å². The second kappa shape index (κ2) is 5.64. The number of hydrogen-bond donors (Lipinski definition) is 1. The van der Waals surface area contributed by atoms with E-state index in [1.54, 1.807) is 0 Å². The van der Waals surface area contributed by atoms with Crippen LogP contribution >= 0.6 is 0 Å². The first kappa shape index (κ1) is 14.3. The van der Waals surface area contributed by atoms with Crippen LogP contribution in [-0.4, -0.2) is 20.8 Å². The lowest BCUT2D eigenvalue weighted by Gasteiger charge is -2.25. The quantitative estimate of drug-likeness (QED) is 0.940. The fraction of sp³-hybridized carbons (Fsp3) is 0.625. The van der Waals surface area contributed by atoms with Gasteiger partial charge in [0.15, 0.2) is 5.89 Å². The van der Waals surface area contributed by atoms with Crippen molar-refractivity contribution in [2.75, 3.05) is 0 Å². The fourth-order valence-electron chi connectivity index (χ4n) is 3.22. The van der Waals surface area contributed by atoms with Crippen LogP contribution in [0.1, 0.15) is 54.5 Å². The molecule has 0 fully saturated rings. The molecule has 2 aromatic heterocycles. The Kier molecular flexibility index (Phi) is 3.85. The first-order valence-electron chi connectivity index (χ1n) is 7.76. The normalized spacial score (nSPS) is 19.5. The molecular formula is C16H24N4O. The minimum absolute atomic E-state index is 0.304. The van der Waals surface area contributed by atoms with Crippen molar-refractivity contribution in [2.24, 2.45) is 0 Å². The van der Waals surface area contributed by atoms with E-state index in [0.29, 0.717) is 12.1 Å². The van der Waals surface area contributed by atoms with Gasteiger partial charge in [-0.3, -0.25) is 4.68 Å². The smallest absolute Gasteiger partial charge is 0.191 e. The molecule has 0 saturated heterocycles. The fourth-order valence-corrected chi connectivity index (χ4v) is 3.22. The monoisotopic (exact) mass is 288 g/mol. The molecule has 0 aromatic carbocycles. The number of rotatable bonds is 4. The third-order valence-corrected chi connectivity index (χ3v) is 4.10. The van der Waals surface area contributed by atoms with Gasteiger partial charge in [0, 0.05) is 25.1 Å². The topological polar surface area (TPSA) is 55.9 Å². The van der Waals surface area contributed by atoms with Gasteiger partial charge in [-0.15, -0.1) is 0 Å². The van der Waals surface area contributed by atoms with Gasteiger partial charge in [0.25, 0.3) is 0 Å². The molecule has 1 N–H and O–H groups in total. The van der Waals surface area contributed by atoms with Gasteiger partial charge in [-0.25, -0.2) is 4.98 Å². The summed E-state index contributed by atoms with van der Waals surface area (Å²) in [5.74, 6) is 1.84. The van der Waals surface area contributed by atoms with E-state index in [-0.39, 0.29) is 0 Å². The van der Waals surface area contributed by atoms with Crippen molar-refractivity contribution in [2.45, 2.75) is 65.6 Å². The molecule has 2 aromatic rings. The minimum atomic E-state index is 0.304. The van der Waals surface area contributed by atoms with E-state index >= 15 is 0 Å². The van der Waals surface area contributed by atoms with E-state index in [9.17, 15) is 0 Å². The van der Waals surface area contributed by atoms with Crippen molar-refractivity contribution in [3.8, 4) is 0 Å². The Balaban J connectivity index is 1.68. The van der Waals surface area contributed by atoms with Crippen LogP contribution in [0.15, 0.2) is 10.5 Å². The van der Waals surface area contributed by atoms with Crippen LogP contribution in [0.2, 0.25) is 0 Å². The molecule has 0 radical (unpaired) electrons. The van der Waals surface area contributed by atoms with Gasteiger partial charge in [0.2, 0.25) is 0 Å². The summed E-state index contributed by atoms with van der Waals surface area (Å²) in [6.07, 6.45) is 3.30. The van der Waals surface area contributed by atoms with Crippen LogP contribution in [0.5, 0.6) is 0 Å². The highest BCUT2D eigenvalue weighted by Crippen LogP contribution is 2.30. The molecule has 21 heavy (non-hydrogen) atoms. The summed E-state index contributed by atoms with van der Waals surface area (Å²) in [5, 5.41) is 8.22. The van der Waals surface area contributed by atoms with E-state index in [0.717, 1.165) is 48.8 Å². The second-order valence-electron chi connectivity index (χ2n) is 6.16. The molecule has 0 spiro atoms. The molecule has 5 heteroatoms. The number of aryl methyl sites for hydroxylation is 4. The summed E-state index contributed by atoms with van der Waals surface area (Å²) < 4.78 is 7.76. The zero-order valence-electron chi connectivity index (χ0n) is 13.3. The van der Waals surface area contributed by atoms with Crippen molar-refractivity contribution >= 4 is 0 Å². The van der Waals surface area contributed by atoms with Crippen LogP contribution < -0.4 is 5.32 Å². The minimum Gasteiger partial charge on any atom is -0.446 e. The molecule has 2 unspecified atom stereocenters. The van der Waals surface area contributed by atoms with E-state index in [2.05, 4.69) is 40.0 Å². The van der Waals surface area contributed by atoms with Gasteiger partial charge in [-0.1, -0.05) is 0 Å². The zero-order valence-corrected chi connectivity index (χ0v) is 13.3. The highest BCUT2D eigenvalue weighted by Gasteiger charge is 2.26. The number of hydrogen-bond acceptors (Lipinski definition) is 4. The summed E-state index contributed by atoms with van der Waals surface area (Å²) >= 11 is 0. The molecule has 0 saturated carbocycles. The Morgan fingerprint density at radius 1 is 1.43 bits per heavy atom. The Morgan fingerprint density at radius 3 is 2.95 bits per heavy atom. The predicted octanol–water partition coefficient (Wildman–Crippen LogP) is 2.85. The van der Waals surface area contributed by atoms with Crippen LogP contribution in [0.25, 0.3) is 0 Å². The molecular weight excluding hydrogens is 264 g/mol. The summed E-state index contributed by atoms with van der Waals surface area (Å²) in [7, 11) is 0. The van der Waals surface area contributed by atoms with Gasteiger partial charge in [0.1, 0.15) is 5.76 Å². The largest absolute Gasteiger partial charge is 0.446 e. The van der Waals surface area contributed by atoms with Gasteiger partial charge < -0.3 is 9.73 Å². The Bertz CT molecular complexity index is 628. The molecule has 1 aliphatic rings. The lowest BCUT2D eigenvalue weighted by Crippen LogP contribution is -2.36. The average molecular weight is 288 g/mol. The van der Waals surface area contributed by atoms with Crippen LogP contribution in [0.4, 0.5) is 0 Å². The molecule has 0 amide bonds. The molecule has 2 heterocycles.